The molecule has 98 valence electrons. The van der Waals surface area contributed by atoms with Gasteiger partial charge in [0.05, 0.1) is 11.2 Å². The molecule has 0 unspecified atom stereocenters. The molecule has 1 heterocycles. The van der Waals surface area contributed by atoms with Crippen molar-refractivity contribution < 1.29 is 0 Å². The van der Waals surface area contributed by atoms with Crippen LogP contribution < -0.4 is 5.32 Å². The lowest BCUT2D eigenvalue weighted by molar-refractivity contribution is 0.511. The SMILES string of the molecule is CCCC(C)(C)Nc1c(C#N)nnc2ccccc12. The topological polar surface area (TPSA) is 61.6 Å². The number of hydrogen-bond donors (Lipinski definition) is 1. The molecule has 1 aromatic carbocycles. The molecule has 1 N–H and O–H groups in total. The van der Waals surface area contributed by atoms with Gasteiger partial charge >= 0.3 is 0 Å². The molecule has 0 aliphatic rings. The highest BCUT2D eigenvalue weighted by molar-refractivity contribution is 5.93. The van der Waals surface area contributed by atoms with E-state index in [9.17, 15) is 5.26 Å². The zero-order valence-electron chi connectivity index (χ0n) is 11.6. The van der Waals surface area contributed by atoms with Crippen LogP contribution in [0.1, 0.15) is 39.3 Å². The zero-order chi connectivity index (χ0) is 13.9. The third-order valence-electron chi connectivity index (χ3n) is 3.11. The maximum atomic E-state index is 9.21. The number of nitrogens with zero attached hydrogens (tertiary/aromatic N) is 3. The minimum atomic E-state index is -0.0772. The molecule has 0 atom stereocenters. The number of benzene rings is 1. The summed E-state index contributed by atoms with van der Waals surface area (Å²) in [5.74, 6) is 0. The number of fused-ring (bicyclic) bond motifs is 1. The van der Waals surface area contributed by atoms with E-state index < -0.39 is 0 Å². The van der Waals surface area contributed by atoms with E-state index in [-0.39, 0.29) is 5.54 Å². The first-order chi connectivity index (χ1) is 9.07. The number of nitrogens with one attached hydrogen (secondary N) is 1. The summed E-state index contributed by atoms with van der Waals surface area (Å²) in [6.07, 6.45) is 2.10. The smallest absolute Gasteiger partial charge is 0.186 e. The van der Waals surface area contributed by atoms with Crippen molar-refractivity contribution >= 4 is 16.6 Å². The molecule has 2 aromatic rings. The minimum absolute atomic E-state index is 0.0772. The van der Waals surface area contributed by atoms with Crippen molar-refractivity contribution in [2.24, 2.45) is 0 Å². The van der Waals surface area contributed by atoms with E-state index in [0.29, 0.717) is 5.69 Å². The molecule has 0 bridgehead atoms. The Bertz CT molecular complexity index is 626. The van der Waals surface area contributed by atoms with Crippen molar-refractivity contribution in [1.82, 2.24) is 10.2 Å². The van der Waals surface area contributed by atoms with Crippen LogP contribution >= 0.6 is 0 Å². The van der Waals surface area contributed by atoms with Crippen LogP contribution in [-0.2, 0) is 0 Å². The third kappa shape index (κ3) is 2.82. The van der Waals surface area contributed by atoms with Gasteiger partial charge < -0.3 is 5.32 Å². The molecular weight excluding hydrogens is 236 g/mol. The Hall–Kier alpha value is -2.15. The first-order valence-electron chi connectivity index (χ1n) is 6.51. The summed E-state index contributed by atoms with van der Waals surface area (Å²) in [5, 5.41) is 21.7. The highest BCUT2D eigenvalue weighted by Crippen LogP contribution is 2.28. The second kappa shape index (κ2) is 5.23. The van der Waals surface area contributed by atoms with Gasteiger partial charge in [-0.3, -0.25) is 0 Å². The van der Waals surface area contributed by atoms with Gasteiger partial charge in [-0.05, 0) is 26.3 Å². The van der Waals surface area contributed by atoms with Crippen LogP contribution in [0.15, 0.2) is 24.3 Å². The number of rotatable bonds is 4. The van der Waals surface area contributed by atoms with Crippen molar-refractivity contribution in [2.75, 3.05) is 5.32 Å². The van der Waals surface area contributed by atoms with Gasteiger partial charge in [0.2, 0.25) is 0 Å². The van der Waals surface area contributed by atoms with Crippen LogP contribution in [0.4, 0.5) is 5.69 Å². The van der Waals surface area contributed by atoms with Gasteiger partial charge in [-0.2, -0.15) is 5.26 Å². The Morgan fingerprint density at radius 3 is 2.68 bits per heavy atom. The molecule has 4 heteroatoms. The van der Waals surface area contributed by atoms with Gasteiger partial charge in [0.1, 0.15) is 6.07 Å². The highest BCUT2D eigenvalue weighted by atomic mass is 15.1. The Kier molecular flexibility index (Phi) is 3.66. The van der Waals surface area contributed by atoms with Gasteiger partial charge in [-0.25, -0.2) is 0 Å². The summed E-state index contributed by atoms with van der Waals surface area (Å²) in [6.45, 7) is 6.41. The third-order valence-corrected chi connectivity index (χ3v) is 3.11. The normalized spacial score (nSPS) is 11.3. The molecule has 0 aliphatic carbocycles. The van der Waals surface area contributed by atoms with Crippen LogP contribution in [0.3, 0.4) is 0 Å². The number of nitriles is 1. The summed E-state index contributed by atoms with van der Waals surface area (Å²) >= 11 is 0. The van der Waals surface area contributed by atoms with Crippen LogP contribution in [-0.4, -0.2) is 15.7 Å². The van der Waals surface area contributed by atoms with Crippen LogP contribution in [0.25, 0.3) is 10.9 Å². The van der Waals surface area contributed by atoms with Crippen molar-refractivity contribution in [3.05, 3.63) is 30.0 Å². The lowest BCUT2D eigenvalue weighted by Crippen LogP contribution is -2.31. The van der Waals surface area contributed by atoms with E-state index >= 15 is 0 Å². The van der Waals surface area contributed by atoms with Gasteiger partial charge in [0.15, 0.2) is 5.69 Å². The number of hydrogen-bond acceptors (Lipinski definition) is 4. The van der Waals surface area contributed by atoms with E-state index in [1.54, 1.807) is 0 Å². The molecule has 0 radical (unpaired) electrons. The second-order valence-electron chi connectivity index (χ2n) is 5.31. The average molecular weight is 254 g/mol. The predicted molar refractivity (Wildman–Crippen MR) is 76.9 cm³/mol. The largest absolute Gasteiger partial charge is 0.377 e. The fraction of sp³-hybridized carbons (Fsp3) is 0.400. The lowest BCUT2D eigenvalue weighted by atomic mass is 9.97. The first kappa shape index (κ1) is 13.3. The number of aromatic nitrogens is 2. The summed E-state index contributed by atoms with van der Waals surface area (Å²) in [7, 11) is 0. The molecule has 0 fully saturated rings. The van der Waals surface area contributed by atoms with Gasteiger partial charge in [0, 0.05) is 10.9 Å². The predicted octanol–water partition coefficient (Wildman–Crippen LogP) is 3.49. The van der Waals surface area contributed by atoms with E-state index in [2.05, 4.69) is 42.4 Å². The van der Waals surface area contributed by atoms with E-state index in [1.165, 1.54) is 0 Å². The average Bonchev–Trinajstić information content (AvgIpc) is 2.38. The summed E-state index contributed by atoms with van der Waals surface area (Å²) < 4.78 is 0. The van der Waals surface area contributed by atoms with Crippen molar-refractivity contribution in [2.45, 2.75) is 39.2 Å². The first-order valence-corrected chi connectivity index (χ1v) is 6.51. The monoisotopic (exact) mass is 254 g/mol. The lowest BCUT2D eigenvalue weighted by Gasteiger charge is -2.28. The van der Waals surface area contributed by atoms with Crippen molar-refractivity contribution in [1.29, 1.82) is 5.26 Å². The van der Waals surface area contributed by atoms with Crippen molar-refractivity contribution in [3.63, 3.8) is 0 Å². The van der Waals surface area contributed by atoms with Crippen LogP contribution in [0.5, 0.6) is 0 Å². The van der Waals surface area contributed by atoms with Crippen LogP contribution in [0.2, 0.25) is 0 Å². The Morgan fingerprint density at radius 1 is 1.26 bits per heavy atom. The minimum Gasteiger partial charge on any atom is -0.377 e. The van der Waals surface area contributed by atoms with Crippen molar-refractivity contribution in [3.8, 4) is 6.07 Å². The molecule has 19 heavy (non-hydrogen) atoms. The van der Waals surface area contributed by atoms with Gasteiger partial charge in [0.25, 0.3) is 0 Å². The summed E-state index contributed by atoms with van der Waals surface area (Å²) in [4.78, 5) is 0. The zero-order valence-corrected chi connectivity index (χ0v) is 11.6. The molecule has 0 saturated carbocycles. The second-order valence-corrected chi connectivity index (χ2v) is 5.31. The summed E-state index contributed by atoms with van der Waals surface area (Å²) in [6, 6.07) is 9.86. The highest BCUT2D eigenvalue weighted by Gasteiger charge is 2.20. The van der Waals surface area contributed by atoms with E-state index in [1.807, 2.05) is 24.3 Å². The maximum absolute atomic E-state index is 9.21. The maximum Gasteiger partial charge on any atom is 0.186 e. The molecule has 4 nitrogen and oxygen atoms in total. The quantitative estimate of drug-likeness (QED) is 0.907. The standard InChI is InChI=1S/C15H18N4/c1-4-9-15(2,3)17-14-11-7-5-6-8-12(11)18-19-13(14)10-16/h5-8H,4,9H2,1-3H3,(H,17,18). The van der Waals surface area contributed by atoms with Crippen LogP contribution in [0, 0.1) is 11.3 Å². The fourth-order valence-electron chi connectivity index (χ4n) is 2.28. The van der Waals surface area contributed by atoms with Gasteiger partial charge in [-0.15, -0.1) is 10.2 Å². The molecule has 0 amide bonds. The molecule has 2 rings (SSSR count). The molecule has 0 saturated heterocycles. The Labute approximate surface area is 113 Å². The molecule has 1 aromatic heterocycles. The van der Waals surface area contributed by atoms with Gasteiger partial charge in [-0.1, -0.05) is 31.5 Å². The fourth-order valence-corrected chi connectivity index (χ4v) is 2.28. The Balaban J connectivity index is 2.54. The summed E-state index contributed by atoms with van der Waals surface area (Å²) in [5.41, 5.74) is 1.86. The number of anilines is 1. The van der Waals surface area contributed by atoms with E-state index in [4.69, 9.17) is 0 Å². The Morgan fingerprint density at radius 2 is 2.00 bits per heavy atom. The molecule has 0 aliphatic heterocycles. The molecule has 0 spiro atoms. The molecular formula is C15H18N4. The van der Waals surface area contributed by atoms with E-state index in [0.717, 1.165) is 29.4 Å².